The highest BCUT2D eigenvalue weighted by Gasteiger charge is 2.08. The van der Waals surface area contributed by atoms with Gasteiger partial charge in [-0.05, 0) is 40.2 Å². The van der Waals surface area contributed by atoms with E-state index in [1.54, 1.807) is 30.3 Å². The quantitative estimate of drug-likeness (QED) is 0.855. The topological polar surface area (TPSA) is 21.3 Å². The molecular weight excluding hydrogens is 333 g/mol. The van der Waals surface area contributed by atoms with Crippen LogP contribution in [0.3, 0.4) is 0 Å². The van der Waals surface area contributed by atoms with E-state index in [1.807, 2.05) is 6.07 Å². The molecular formula is C14H12BrClFNO. The molecule has 0 atom stereocenters. The Morgan fingerprint density at radius 2 is 2.11 bits per heavy atom. The van der Waals surface area contributed by atoms with Crippen LogP contribution in [-0.2, 0) is 6.54 Å². The number of anilines is 1. The maximum Gasteiger partial charge on any atom is 0.170 e. The first-order chi connectivity index (χ1) is 9.11. The van der Waals surface area contributed by atoms with Gasteiger partial charge in [-0.1, -0.05) is 23.7 Å². The highest BCUT2D eigenvalue weighted by atomic mass is 79.9. The molecule has 19 heavy (non-hydrogen) atoms. The van der Waals surface area contributed by atoms with Crippen LogP contribution in [0.15, 0.2) is 40.9 Å². The van der Waals surface area contributed by atoms with Crippen LogP contribution in [0.25, 0.3) is 0 Å². The predicted octanol–water partition coefficient (Wildman–Crippen LogP) is 4.86. The van der Waals surface area contributed by atoms with Crippen molar-refractivity contribution in [2.45, 2.75) is 6.54 Å². The average Bonchev–Trinajstić information content (AvgIpc) is 2.41. The van der Waals surface area contributed by atoms with E-state index in [2.05, 4.69) is 21.2 Å². The van der Waals surface area contributed by atoms with Gasteiger partial charge in [-0.15, -0.1) is 0 Å². The summed E-state index contributed by atoms with van der Waals surface area (Å²) in [6, 6.07) is 10.5. The minimum absolute atomic E-state index is 0.240. The van der Waals surface area contributed by atoms with Gasteiger partial charge < -0.3 is 10.1 Å². The molecule has 2 aromatic rings. The zero-order valence-corrected chi connectivity index (χ0v) is 12.6. The van der Waals surface area contributed by atoms with Crippen molar-refractivity contribution in [2.75, 3.05) is 12.4 Å². The number of nitrogens with one attached hydrogen (secondary N) is 1. The summed E-state index contributed by atoms with van der Waals surface area (Å²) < 4.78 is 19.8. The van der Waals surface area contributed by atoms with Gasteiger partial charge in [-0.3, -0.25) is 0 Å². The second kappa shape index (κ2) is 6.26. The third-order valence-electron chi connectivity index (χ3n) is 2.66. The first kappa shape index (κ1) is 14.2. The molecule has 2 aromatic carbocycles. The number of methoxy groups -OCH3 is 1. The lowest BCUT2D eigenvalue weighted by molar-refractivity contribution is 0.384. The van der Waals surface area contributed by atoms with Crippen LogP contribution in [0.5, 0.6) is 5.75 Å². The smallest absolute Gasteiger partial charge is 0.170 e. The van der Waals surface area contributed by atoms with E-state index in [4.69, 9.17) is 16.3 Å². The Labute approximate surface area is 124 Å². The van der Waals surface area contributed by atoms with Crippen molar-refractivity contribution in [3.63, 3.8) is 0 Å². The van der Waals surface area contributed by atoms with Gasteiger partial charge in [0.2, 0.25) is 0 Å². The first-order valence-electron chi connectivity index (χ1n) is 5.62. The van der Waals surface area contributed by atoms with Crippen molar-refractivity contribution >= 4 is 33.2 Å². The molecule has 0 saturated heterocycles. The van der Waals surface area contributed by atoms with Crippen LogP contribution in [0.2, 0.25) is 5.02 Å². The van der Waals surface area contributed by atoms with Crippen molar-refractivity contribution in [2.24, 2.45) is 0 Å². The lowest BCUT2D eigenvalue weighted by Gasteiger charge is -2.11. The Morgan fingerprint density at radius 3 is 2.84 bits per heavy atom. The van der Waals surface area contributed by atoms with Gasteiger partial charge in [-0.25, -0.2) is 4.39 Å². The zero-order valence-electron chi connectivity index (χ0n) is 10.2. The molecule has 0 heterocycles. The third kappa shape index (κ3) is 3.39. The molecule has 100 valence electrons. The molecule has 0 bridgehead atoms. The molecule has 0 fully saturated rings. The first-order valence-corrected chi connectivity index (χ1v) is 6.79. The summed E-state index contributed by atoms with van der Waals surface area (Å²) in [5, 5.41) is 3.76. The standard InChI is InChI=1S/C14H12BrClFNO/c1-19-13-4-2-3-9(14(13)17)8-18-12-7-10(16)5-6-11(12)15/h2-7,18H,8H2,1H3. The number of halogens is 3. The molecule has 1 N–H and O–H groups in total. The lowest BCUT2D eigenvalue weighted by atomic mass is 10.2. The van der Waals surface area contributed by atoms with Crippen LogP contribution in [0.1, 0.15) is 5.56 Å². The van der Waals surface area contributed by atoms with Gasteiger partial charge in [0.15, 0.2) is 11.6 Å². The minimum atomic E-state index is -0.351. The van der Waals surface area contributed by atoms with E-state index in [0.717, 1.165) is 10.2 Å². The molecule has 0 aliphatic rings. The monoisotopic (exact) mass is 343 g/mol. The SMILES string of the molecule is COc1cccc(CNc2cc(Cl)ccc2Br)c1F. The number of hydrogen-bond acceptors (Lipinski definition) is 2. The zero-order chi connectivity index (χ0) is 13.8. The van der Waals surface area contributed by atoms with Crippen molar-refractivity contribution in [3.8, 4) is 5.75 Å². The summed E-state index contributed by atoms with van der Waals surface area (Å²) >= 11 is 9.33. The van der Waals surface area contributed by atoms with Gasteiger partial charge in [0, 0.05) is 21.6 Å². The molecule has 0 spiro atoms. The fraction of sp³-hybridized carbons (Fsp3) is 0.143. The Morgan fingerprint density at radius 1 is 1.32 bits per heavy atom. The third-order valence-corrected chi connectivity index (χ3v) is 3.59. The van der Waals surface area contributed by atoms with Crippen LogP contribution in [0, 0.1) is 5.82 Å². The second-order valence-electron chi connectivity index (χ2n) is 3.91. The maximum absolute atomic E-state index is 14.0. The Balaban J connectivity index is 2.17. The lowest BCUT2D eigenvalue weighted by Crippen LogP contribution is -2.03. The highest BCUT2D eigenvalue weighted by molar-refractivity contribution is 9.10. The van der Waals surface area contributed by atoms with Gasteiger partial charge in [-0.2, -0.15) is 0 Å². The molecule has 0 radical (unpaired) electrons. The molecule has 2 rings (SSSR count). The summed E-state index contributed by atoms with van der Waals surface area (Å²) in [5.74, 6) is -0.111. The normalized spacial score (nSPS) is 10.3. The van der Waals surface area contributed by atoms with Gasteiger partial charge >= 0.3 is 0 Å². The van der Waals surface area contributed by atoms with E-state index in [9.17, 15) is 4.39 Å². The van der Waals surface area contributed by atoms with E-state index >= 15 is 0 Å². The summed E-state index contributed by atoms with van der Waals surface area (Å²) in [5.41, 5.74) is 1.35. The Kier molecular flexibility index (Phi) is 4.66. The number of hydrogen-bond donors (Lipinski definition) is 1. The van der Waals surface area contributed by atoms with E-state index in [-0.39, 0.29) is 11.6 Å². The average molecular weight is 345 g/mol. The van der Waals surface area contributed by atoms with Gasteiger partial charge in [0.05, 0.1) is 12.8 Å². The fourth-order valence-corrected chi connectivity index (χ4v) is 2.23. The molecule has 0 aliphatic heterocycles. The predicted molar refractivity (Wildman–Crippen MR) is 79.4 cm³/mol. The molecule has 2 nitrogen and oxygen atoms in total. The summed E-state index contributed by atoms with van der Waals surface area (Å²) in [7, 11) is 1.45. The maximum atomic E-state index is 14.0. The molecule has 0 amide bonds. The minimum Gasteiger partial charge on any atom is -0.494 e. The molecule has 0 aliphatic carbocycles. The summed E-state index contributed by atoms with van der Waals surface area (Å²) in [4.78, 5) is 0. The van der Waals surface area contributed by atoms with Gasteiger partial charge in [0.25, 0.3) is 0 Å². The van der Waals surface area contributed by atoms with Crippen LogP contribution < -0.4 is 10.1 Å². The van der Waals surface area contributed by atoms with Crippen LogP contribution >= 0.6 is 27.5 Å². The highest BCUT2D eigenvalue weighted by Crippen LogP contribution is 2.27. The van der Waals surface area contributed by atoms with Crippen molar-refractivity contribution in [1.29, 1.82) is 0 Å². The van der Waals surface area contributed by atoms with Crippen LogP contribution in [0.4, 0.5) is 10.1 Å². The Hall–Kier alpha value is -1.26. The number of rotatable bonds is 4. The van der Waals surface area contributed by atoms with E-state index < -0.39 is 0 Å². The van der Waals surface area contributed by atoms with E-state index in [1.165, 1.54) is 7.11 Å². The Bertz CT molecular complexity index is 592. The van der Waals surface area contributed by atoms with Crippen LogP contribution in [-0.4, -0.2) is 7.11 Å². The summed E-state index contributed by atoms with van der Waals surface area (Å²) in [6.07, 6.45) is 0. The summed E-state index contributed by atoms with van der Waals surface area (Å²) in [6.45, 7) is 0.349. The van der Waals surface area contributed by atoms with Gasteiger partial charge in [0.1, 0.15) is 0 Å². The van der Waals surface area contributed by atoms with Crippen molar-refractivity contribution in [1.82, 2.24) is 0 Å². The second-order valence-corrected chi connectivity index (χ2v) is 5.20. The van der Waals surface area contributed by atoms with Crippen molar-refractivity contribution in [3.05, 3.63) is 57.3 Å². The largest absolute Gasteiger partial charge is 0.494 e. The van der Waals surface area contributed by atoms with E-state index in [0.29, 0.717) is 17.1 Å². The molecule has 0 unspecified atom stereocenters. The number of benzene rings is 2. The van der Waals surface area contributed by atoms with Crippen molar-refractivity contribution < 1.29 is 9.13 Å². The molecule has 0 aromatic heterocycles. The number of ether oxygens (including phenoxy) is 1. The molecule has 5 heteroatoms. The fourth-order valence-electron chi connectivity index (χ4n) is 1.67. The molecule has 0 saturated carbocycles.